The molecule has 1 atom stereocenters. The van der Waals surface area contributed by atoms with E-state index in [-0.39, 0.29) is 43.6 Å². The van der Waals surface area contributed by atoms with Gasteiger partial charge in [-0.1, -0.05) is 25.1 Å². The van der Waals surface area contributed by atoms with Crippen LogP contribution in [0.1, 0.15) is 47.7 Å². The van der Waals surface area contributed by atoms with Crippen LogP contribution in [0, 0.1) is 5.82 Å². The molecule has 7 nitrogen and oxygen atoms in total. The minimum atomic E-state index is -1.08. The first kappa shape index (κ1) is 20.8. The van der Waals surface area contributed by atoms with Crippen LogP contribution in [0.15, 0.2) is 36.4 Å². The zero-order valence-electron chi connectivity index (χ0n) is 17.4. The highest BCUT2D eigenvalue weighted by molar-refractivity contribution is 6.07. The van der Waals surface area contributed by atoms with Gasteiger partial charge < -0.3 is 14.4 Å². The second-order valence-electron chi connectivity index (χ2n) is 7.66. The maximum Gasteiger partial charge on any atom is 0.255 e. The lowest BCUT2D eigenvalue weighted by molar-refractivity contribution is -0.143. The van der Waals surface area contributed by atoms with Crippen molar-refractivity contribution in [2.45, 2.75) is 44.9 Å². The molecule has 0 radical (unpaired) electrons. The molecular formula is C23H23FN2O5. The first-order valence-corrected chi connectivity index (χ1v) is 10.1. The smallest absolute Gasteiger partial charge is 0.255 e. The van der Waals surface area contributed by atoms with Gasteiger partial charge >= 0.3 is 0 Å². The Bertz CT molecular complexity index is 1070. The van der Waals surface area contributed by atoms with Crippen LogP contribution >= 0.6 is 0 Å². The lowest BCUT2D eigenvalue weighted by Crippen LogP contribution is -2.62. The van der Waals surface area contributed by atoms with Crippen LogP contribution in [0.5, 0.6) is 11.5 Å². The van der Waals surface area contributed by atoms with Crippen LogP contribution in [0.3, 0.4) is 0 Å². The summed E-state index contributed by atoms with van der Waals surface area (Å²) >= 11 is 0. The van der Waals surface area contributed by atoms with Crippen LogP contribution in [-0.2, 0) is 22.7 Å². The van der Waals surface area contributed by atoms with Gasteiger partial charge in [0.05, 0.1) is 13.7 Å². The molecule has 1 saturated heterocycles. The molecule has 0 aromatic heterocycles. The Morgan fingerprint density at radius 1 is 1.13 bits per heavy atom. The molecule has 1 fully saturated rings. The Kier molecular flexibility index (Phi) is 5.39. The number of hydrogen-bond donors (Lipinski definition) is 1. The average Bonchev–Trinajstić information content (AvgIpc) is 3.11. The minimum Gasteiger partial charge on any atom is -0.494 e. The Labute approximate surface area is 179 Å². The Morgan fingerprint density at radius 3 is 2.58 bits per heavy atom. The number of hydrogen-bond acceptors (Lipinski definition) is 5. The van der Waals surface area contributed by atoms with Gasteiger partial charge in [0.25, 0.3) is 11.8 Å². The van der Waals surface area contributed by atoms with Crippen molar-refractivity contribution < 1.29 is 28.2 Å². The van der Waals surface area contributed by atoms with Crippen molar-refractivity contribution in [1.29, 1.82) is 0 Å². The first-order valence-electron chi connectivity index (χ1n) is 10.1. The van der Waals surface area contributed by atoms with Crippen molar-refractivity contribution in [1.82, 2.24) is 10.2 Å². The number of amides is 3. The SMILES string of the molecule is CCC1(N2Cc3c(OCc4cccc(OC)c4F)cccc3C2=O)CCC(=O)NC1=O. The molecule has 1 unspecified atom stereocenters. The predicted octanol–water partition coefficient (Wildman–Crippen LogP) is 2.95. The third-order valence-corrected chi connectivity index (χ3v) is 6.11. The minimum absolute atomic E-state index is 0.0401. The number of carbonyl (C=O) groups is 3. The van der Waals surface area contributed by atoms with Gasteiger partial charge in [-0.2, -0.15) is 0 Å². The molecule has 0 saturated carbocycles. The van der Waals surface area contributed by atoms with Gasteiger partial charge in [-0.3, -0.25) is 19.7 Å². The number of carbonyl (C=O) groups excluding carboxylic acids is 3. The summed E-state index contributed by atoms with van der Waals surface area (Å²) in [6, 6.07) is 9.91. The fraction of sp³-hybridized carbons (Fsp3) is 0.348. The van der Waals surface area contributed by atoms with E-state index in [2.05, 4.69) is 5.32 Å². The van der Waals surface area contributed by atoms with Crippen molar-refractivity contribution in [3.63, 3.8) is 0 Å². The van der Waals surface area contributed by atoms with Crippen molar-refractivity contribution in [2.75, 3.05) is 7.11 Å². The number of imide groups is 1. The van der Waals surface area contributed by atoms with Gasteiger partial charge in [-0.05, 0) is 31.0 Å². The summed E-state index contributed by atoms with van der Waals surface area (Å²) in [6.45, 7) is 1.97. The lowest BCUT2D eigenvalue weighted by Gasteiger charge is -2.41. The fourth-order valence-electron chi connectivity index (χ4n) is 4.29. The number of piperidine rings is 1. The number of nitrogens with one attached hydrogen (secondary N) is 1. The predicted molar refractivity (Wildman–Crippen MR) is 109 cm³/mol. The molecule has 0 aliphatic carbocycles. The summed E-state index contributed by atoms with van der Waals surface area (Å²) in [5.74, 6) is -0.975. The van der Waals surface area contributed by atoms with E-state index in [1.807, 2.05) is 6.92 Å². The van der Waals surface area contributed by atoms with E-state index in [9.17, 15) is 18.8 Å². The number of fused-ring (bicyclic) bond motifs is 1. The zero-order valence-corrected chi connectivity index (χ0v) is 17.4. The molecule has 162 valence electrons. The quantitative estimate of drug-likeness (QED) is 0.718. The van der Waals surface area contributed by atoms with E-state index < -0.39 is 17.3 Å². The largest absolute Gasteiger partial charge is 0.494 e. The van der Waals surface area contributed by atoms with Crippen molar-refractivity contribution in [3.05, 3.63) is 58.9 Å². The van der Waals surface area contributed by atoms with Crippen molar-refractivity contribution >= 4 is 17.7 Å². The third-order valence-electron chi connectivity index (χ3n) is 6.11. The second-order valence-corrected chi connectivity index (χ2v) is 7.66. The molecule has 2 heterocycles. The number of benzene rings is 2. The molecule has 2 aliphatic heterocycles. The molecule has 2 aromatic rings. The molecule has 0 spiro atoms. The van der Waals surface area contributed by atoms with E-state index in [4.69, 9.17) is 9.47 Å². The fourth-order valence-corrected chi connectivity index (χ4v) is 4.29. The number of nitrogens with zero attached hydrogens (tertiary/aromatic N) is 1. The third kappa shape index (κ3) is 3.41. The maximum absolute atomic E-state index is 14.4. The summed E-state index contributed by atoms with van der Waals surface area (Å²) in [5, 5.41) is 2.37. The Balaban J connectivity index is 1.60. The van der Waals surface area contributed by atoms with Gasteiger partial charge in [-0.25, -0.2) is 4.39 Å². The Morgan fingerprint density at radius 2 is 1.87 bits per heavy atom. The maximum atomic E-state index is 14.4. The molecule has 2 aromatic carbocycles. The number of rotatable bonds is 6. The van der Waals surface area contributed by atoms with E-state index in [1.165, 1.54) is 18.1 Å². The molecule has 3 amide bonds. The standard InChI is InChI=1S/C23H23FN2O5/c1-3-23(11-10-19(27)25-22(23)29)26-12-16-15(21(26)28)7-5-8-17(16)31-13-14-6-4-9-18(30-2)20(14)24/h4-9H,3,10-13H2,1-2H3,(H,25,27,29). The molecule has 0 bridgehead atoms. The van der Waals surface area contributed by atoms with Crippen LogP contribution in [0.2, 0.25) is 0 Å². The topological polar surface area (TPSA) is 84.9 Å². The van der Waals surface area contributed by atoms with Gasteiger partial charge in [0.15, 0.2) is 11.6 Å². The number of ether oxygens (including phenoxy) is 2. The van der Waals surface area contributed by atoms with Crippen LogP contribution in [0.25, 0.3) is 0 Å². The first-order chi connectivity index (χ1) is 14.9. The van der Waals surface area contributed by atoms with Gasteiger partial charge in [-0.15, -0.1) is 0 Å². The number of halogens is 1. The highest BCUT2D eigenvalue weighted by Gasteiger charge is 2.51. The van der Waals surface area contributed by atoms with Gasteiger partial charge in [0.1, 0.15) is 17.9 Å². The Hall–Kier alpha value is -3.42. The van der Waals surface area contributed by atoms with Crippen molar-refractivity contribution in [2.24, 2.45) is 0 Å². The number of methoxy groups -OCH3 is 1. The van der Waals surface area contributed by atoms with E-state index in [1.54, 1.807) is 30.3 Å². The molecule has 2 aliphatic rings. The normalized spacial score (nSPS) is 20.5. The van der Waals surface area contributed by atoms with E-state index in [0.29, 0.717) is 28.9 Å². The molecule has 8 heteroatoms. The van der Waals surface area contributed by atoms with Gasteiger partial charge in [0, 0.05) is 23.1 Å². The van der Waals surface area contributed by atoms with Crippen LogP contribution in [-0.4, -0.2) is 35.3 Å². The van der Waals surface area contributed by atoms with E-state index >= 15 is 0 Å². The molecule has 4 rings (SSSR count). The van der Waals surface area contributed by atoms with Crippen molar-refractivity contribution in [3.8, 4) is 11.5 Å². The molecule has 1 N–H and O–H groups in total. The van der Waals surface area contributed by atoms with E-state index in [0.717, 1.165) is 0 Å². The summed E-state index contributed by atoms with van der Waals surface area (Å²) in [5.41, 5.74) is 0.336. The van der Waals surface area contributed by atoms with Crippen LogP contribution in [0.4, 0.5) is 4.39 Å². The average molecular weight is 426 g/mol. The molecule has 31 heavy (non-hydrogen) atoms. The zero-order chi connectivity index (χ0) is 22.2. The highest BCUT2D eigenvalue weighted by Crippen LogP contribution is 2.39. The highest BCUT2D eigenvalue weighted by atomic mass is 19.1. The van der Waals surface area contributed by atoms with Gasteiger partial charge in [0.2, 0.25) is 5.91 Å². The lowest BCUT2D eigenvalue weighted by atomic mass is 9.84. The second kappa shape index (κ2) is 8.02. The summed E-state index contributed by atoms with van der Waals surface area (Å²) < 4.78 is 25.3. The monoisotopic (exact) mass is 426 g/mol. The molecular weight excluding hydrogens is 403 g/mol. The summed E-state index contributed by atoms with van der Waals surface area (Å²) in [4.78, 5) is 39.1. The van der Waals surface area contributed by atoms with Crippen LogP contribution < -0.4 is 14.8 Å². The summed E-state index contributed by atoms with van der Waals surface area (Å²) in [7, 11) is 1.39. The summed E-state index contributed by atoms with van der Waals surface area (Å²) in [6.07, 6.45) is 0.842.